The van der Waals surface area contributed by atoms with E-state index in [0.717, 1.165) is 25.7 Å². The quantitative estimate of drug-likeness (QED) is 0.639. The minimum absolute atomic E-state index is 0.0571. The number of aliphatic hydroxyl groups excluding tert-OH is 1. The molecule has 0 heterocycles. The van der Waals surface area contributed by atoms with Crippen molar-refractivity contribution in [2.24, 2.45) is 5.92 Å². The van der Waals surface area contributed by atoms with Crippen LogP contribution in [0.5, 0.6) is 5.75 Å². The molecule has 1 fully saturated rings. The lowest BCUT2D eigenvalue weighted by atomic mass is 9.87. The van der Waals surface area contributed by atoms with Gasteiger partial charge in [-0.15, -0.1) is 0 Å². The van der Waals surface area contributed by atoms with Crippen LogP contribution < -0.4 is 10.1 Å². The molecule has 1 aromatic carbocycles. The Labute approximate surface area is 117 Å². The Morgan fingerprint density at radius 2 is 2.10 bits per heavy atom. The van der Waals surface area contributed by atoms with E-state index in [1.807, 2.05) is 0 Å². The minimum atomic E-state index is -0.396. The monoisotopic (exact) mass is 280 g/mol. The summed E-state index contributed by atoms with van der Waals surface area (Å²) >= 11 is 0. The van der Waals surface area contributed by atoms with Crippen LogP contribution in [0, 0.1) is 16.0 Å². The third kappa shape index (κ3) is 3.60. The van der Waals surface area contributed by atoms with Crippen LogP contribution in [0.3, 0.4) is 0 Å². The second-order valence-electron chi connectivity index (χ2n) is 5.20. The number of nitro benzene ring substituents is 1. The van der Waals surface area contributed by atoms with E-state index in [1.165, 1.54) is 13.2 Å². The van der Waals surface area contributed by atoms with Crippen LogP contribution in [0.15, 0.2) is 18.2 Å². The molecule has 1 aliphatic rings. The van der Waals surface area contributed by atoms with Crippen molar-refractivity contribution in [3.63, 3.8) is 0 Å². The van der Waals surface area contributed by atoms with E-state index in [4.69, 9.17) is 4.74 Å². The number of rotatable bonds is 5. The highest BCUT2D eigenvalue weighted by atomic mass is 16.6. The van der Waals surface area contributed by atoms with Crippen molar-refractivity contribution in [3.05, 3.63) is 28.3 Å². The average Bonchev–Trinajstić information content (AvgIpc) is 2.46. The number of nitrogens with zero attached hydrogens (tertiary/aromatic N) is 1. The summed E-state index contributed by atoms with van der Waals surface area (Å²) in [5.74, 6) is 1.04. The number of anilines is 1. The van der Waals surface area contributed by atoms with E-state index >= 15 is 0 Å². The number of nitro groups is 1. The molecule has 0 unspecified atom stereocenters. The largest absolute Gasteiger partial charge is 0.497 e. The van der Waals surface area contributed by atoms with Gasteiger partial charge in [0.15, 0.2) is 0 Å². The Hall–Kier alpha value is -1.82. The molecule has 1 aliphatic carbocycles. The molecule has 0 saturated heterocycles. The molecule has 0 aliphatic heterocycles. The van der Waals surface area contributed by atoms with Crippen LogP contribution in [0.25, 0.3) is 0 Å². The topological polar surface area (TPSA) is 84.6 Å². The van der Waals surface area contributed by atoms with E-state index in [1.54, 1.807) is 12.1 Å². The summed E-state index contributed by atoms with van der Waals surface area (Å²) in [5, 5.41) is 23.6. The first-order valence-corrected chi connectivity index (χ1v) is 6.84. The van der Waals surface area contributed by atoms with E-state index in [9.17, 15) is 15.2 Å². The molecule has 2 N–H and O–H groups in total. The van der Waals surface area contributed by atoms with Gasteiger partial charge in [0.25, 0.3) is 5.69 Å². The molecule has 0 amide bonds. The fourth-order valence-corrected chi connectivity index (χ4v) is 2.55. The van der Waals surface area contributed by atoms with Gasteiger partial charge in [0.2, 0.25) is 0 Å². The number of benzene rings is 1. The molecule has 0 aromatic heterocycles. The maximum absolute atomic E-state index is 11.0. The second kappa shape index (κ2) is 6.56. The van der Waals surface area contributed by atoms with Crippen molar-refractivity contribution >= 4 is 11.4 Å². The Balaban J connectivity index is 2.02. The third-order valence-electron chi connectivity index (χ3n) is 3.80. The summed E-state index contributed by atoms with van der Waals surface area (Å²) in [4.78, 5) is 10.6. The van der Waals surface area contributed by atoms with Gasteiger partial charge < -0.3 is 15.2 Å². The predicted octanol–water partition coefficient (Wildman–Crippen LogP) is 2.57. The van der Waals surface area contributed by atoms with Gasteiger partial charge in [0, 0.05) is 18.7 Å². The molecular formula is C14H20N2O4. The molecule has 2 rings (SSSR count). The average molecular weight is 280 g/mol. The fourth-order valence-electron chi connectivity index (χ4n) is 2.55. The van der Waals surface area contributed by atoms with Crippen LogP contribution >= 0.6 is 0 Å². The van der Waals surface area contributed by atoms with Gasteiger partial charge in [-0.1, -0.05) is 0 Å². The Morgan fingerprint density at radius 3 is 2.70 bits per heavy atom. The highest BCUT2D eigenvalue weighted by Crippen LogP contribution is 2.30. The lowest BCUT2D eigenvalue weighted by Gasteiger charge is -2.25. The minimum Gasteiger partial charge on any atom is -0.497 e. The van der Waals surface area contributed by atoms with Crippen molar-refractivity contribution in [1.82, 2.24) is 0 Å². The summed E-state index contributed by atoms with van der Waals surface area (Å²) in [5.41, 5.74) is 0.544. The van der Waals surface area contributed by atoms with E-state index < -0.39 is 4.92 Å². The first-order chi connectivity index (χ1) is 9.60. The van der Waals surface area contributed by atoms with Crippen LogP contribution in [0.1, 0.15) is 25.7 Å². The Morgan fingerprint density at radius 1 is 1.40 bits per heavy atom. The lowest BCUT2D eigenvalue weighted by molar-refractivity contribution is -0.384. The Kier molecular flexibility index (Phi) is 4.79. The number of methoxy groups -OCH3 is 1. The molecule has 0 bridgehead atoms. The van der Waals surface area contributed by atoms with Crippen LogP contribution in [0.2, 0.25) is 0 Å². The molecule has 6 heteroatoms. The smallest absolute Gasteiger partial charge is 0.292 e. The Bertz CT molecular complexity index is 470. The lowest BCUT2D eigenvalue weighted by Crippen LogP contribution is -2.23. The van der Waals surface area contributed by atoms with Crippen LogP contribution in [-0.2, 0) is 0 Å². The van der Waals surface area contributed by atoms with Gasteiger partial charge in [0.05, 0.1) is 18.1 Å². The molecule has 0 spiro atoms. The van der Waals surface area contributed by atoms with Gasteiger partial charge in [-0.25, -0.2) is 0 Å². The van der Waals surface area contributed by atoms with Gasteiger partial charge in [-0.3, -0.25) is 10.1 Å². The highest BCUT2D eigenvalue weighted by molar-refractivity contribution is 5.64. The van der Waals surface area contributed by atoms with Crippen molar-refractivity contribution in [2.45, 2.75) is 31.8 Å². The summed E-state index contributed by atoms with van der Waals surface area (Å²) in [6.07, 6.45) is 3.34. The second-order valence-corrected chi connectivity index (χ2v) is 5.20. The molecule has 0 atom stereocenters. The van der Waals surface area contributed by atoms with Gasteiger partial charge in [0.1, 0.15) is 11.4 Å². The fraction of sp³-hybridized carbons (Fsp3) is 0.571. The third-order valence-corrected chi connectivity index (χ3v) is 3.80. The zero-order valence-corrected chi connectivity index (χ0v) is 11.5. The maximum Gasteiger partial charge on any atom is 0.292 e. The number of nitrogens with one attached hydrogen (secondary N) is 1. The van der Waals surface area contributed by atoms with E-state index in [0.29, 0.717) is 23.9 Å². The number of hydrogen-bond acceptors (Lipinski definition) is 5. The molecule has 1 saturated carbocycles. The summed E-state index contributed by atoms with van der Waals surface area (Å²) in [7, 11) is 1.54. The maximum atomic E-state index is 11.0. The van der Waals surface area contributed by atoms with Crippen molar-refractivity contribution in [2.75, 3.05) is 19.0 Å². The summed E-state index contributed by atoms with van der Waals surface area (Å²) in [6, 6.07) is 4.68. The number of ether oxygens (including phenoxy) is 1. The molecule has 110 valence electrons. The van der Waals surface area contributed by atoms with E-state index in [2.05, 4.69) is 5.32 Å². The van der Waals surface area contributed by atoms with Gasteiger partial charge >= 0.3 is 0 Å². The van der Waals surface area contributed by atoms with Crippen LogP contribution in [0.4, 0.5) is 11.4 Å². The first-order valence-electron chi connectivity index (χ1n) is 6.84. The van der Waals surface area contributed by atoms with Gasteiger partial charge in [-0.2, -0.15) is 0 Å². The van der Waals surface area contributed by atoms with Crippen molar-refractivity contribution in [3.8, 4) is 5.75 Å². The zero-order chi connectivity index (χ0) is 14.5. The molecule has 20 heavy (non-hydrogen) atoms. The SMILES string of the molecule is COc1ccc([N+](=O)[O-])c(NCC2CCC(O)CC2)c1. The van der Waals surface area contributed by atoms with Crippen molar-refractivity contribution < 1.29 is 14.8 Å². The summed E-state index contributed by atoms with van der Waals surface area (Å²) in [6.45, 7) is 0.681. The molecule has 1 aromatic rings. The predicted molar refractivity (Wildman–Crippen MR) is 76.1 cm³/mol. The number of aliphatic hydroxyl groups is 1. The summed E-state index contributed by atoms with van der Waals surface area (Å²) < 4.78 is 5.10. The molecule has 6 nitrogen and oxygen atoms in total. The first kappa shape index (κ1) is 14.6. The van der Waals surface area contributed by atoms with Gasteiger partial charge in [-0.05, 0) is 37.7 Å². The molecular weight excluding hydrogens is 260 g/mol. The molecule has 0 radical (unpaired) electrons. The number of hydrogen-bond donors (Lipinski definition) is 2. The van der Waals surface area contributed by atoms with Crippen molar-refractivity contribution in [1.29, 1.82) is 0 Å². The highest BCUT2D eigenvalue weighted by Gasteiger charge is 2.21. The van der Waals surface area contributed by atoms with Crippen LogP contribution in [-0.4, -0.2) is 29.8 Å². The van der Waals surface area contributed by atoms with E-state index in [-0.39, 0.29) is 11.8 Å². The zero-order valence-electron chi connectivity index (χ0n) is 11.5. The standard InChI is InChI=1S/C14H20N2O4/c1-20-12-6-7-14(16(18)19)13(8-12)15-9-10-2-4-11(17)5-3-10/h6-8,10-11,15,17H,2-5,9H2,1H3. The normalized spacial score (nSPS) is 22.3.